The highest BCUT2D eigenvalue weighted by atomic mass is 79.9. The van der Waals surface area contributed by atoms with Gasteiger partial charge in [0.05, 0.1) is 6.10 Å². The Bertz CT molecular complexity index is 630. The van der Waals surface area contributed by atoms with E-state index in [1.165, 1.54) is 5.56 Å². The van der Waals surface area contributed by atoms with Crippen LogP contribution in [0.15, 0.2) is 41.0 Å². The lowest BCUT2D eigenvalue weighted by atomic mass is 9.81. The Hall–Kier alpha value is -1.39. The molecular formula is C16H17BrN2O. The number of nitrogens with two attached hydrogens (primary N) is 1. The van der Waals surface area contributed by atoms with E-state index in [1.807, 2.05) is 24.3 Å². The molecule has 1 aliphatic carbocycles. The number of pyridine rings is 1. The van der Waals surface area contributed by atoms with Crippen LogP contribution in [-0.4, -0.2) is 10.1 Å². The summed E-state index contributed by atoms with van der Waals surface area (Å²) in [6, 6.07) is 9.67. The molecule has 104 valence electrons. The second kappa shape index (κ2) is 5.54. The lowest BCUT2D eigenvalue weighted by Crippen LogP contribution is -2.19. The van der Waals surface area contributed by atoms with Gasteiger partial charge >= 0.3 is 0 Å². The summed E-state index contributed by atoms with van der Waals surface area (Å²) in [4.78, 5) is 4.49. The Morgan fingerprint density at radius 2 is 2.20 bits per heavy atom. The Morgan fingerprint density at radius 1 is 1.35 bits per heavy atom. The van der Waals surface area contributed by atoms with Crippen LogP contribution in [-0.2, 0) is 6.42 Å². The Balaban J connectivity index is 1.99. The molecule has 3 nitrogen and oxygen atoms in total. The van der Waals surface area contributed by atoms with Crippen LogP contribution in [0.2, 0.25) is 0 Å². The van der Waals surface area contributed by atoms with Gasteiger partial charge in [0, 0.05) is 33.5 Å². The van der Waals surface area contributed by atoms with E-state index in [1.54, 1.807) is 6.20 Å². The minimum atomic E-state index is -0.610. The smallest absolute Gasteiger partial charge is 0.0893 e. The highest BCUT2D eigenvalue weighted by molar-refractivity contribution is 9.10. The van der Waals surface area contributed by atoms with E-state index in [0.29, 0.717) is 5.69 Å². The normalized spacial score (nSPS) is 19.4. The molecule has 0 amide bonds. The van der Waals surface area contributed by atoms with Crippen LogP contribution in [0.3, 0.4) is 0 Å². The second-order valence-electron chi connectivity index (χ2n) is 5.26. The van der Waals surface area contributed by atoms with Gasteiger partial charge in [-0.1, -0.05) is 22.0 Å². The summed E-state index contributed by atoms with van der Waals surface area (Å²) in [7, 11) is 0. The molecule has 1 aromatic carbocycles. The van der Waals surface area contributed by atoms with Crippen molar-refractivity contribution in [2.24, 2.45) is 0 Å². The van der Waals surface area contributed by atoms with Crippen molar-refractivity contribution in [2.45, 2.75) is 31.3 Å². The number of nitrogens with zero attached hydrogens (tertiary/aromatic N) is 1. The highest BCUT2D eigenvalue weighted by Crippen LogP contribution is 2.41. The number of aliphatic hydroxyl groups is 1. The monoisotopic (exact) mass is 332 g/mol. The number of rotatable bonds is 2. The maximum atomic E-state index is 10.8. The molecule has 2 atom stereocenters. The maximum absolute atomic E-state index is 10.8. The molecule has 0 aliphatic heterocycles. The average molecular weight is 333 g/mol. The molecule has 0 saturated carbocycles. The van der Waals surface area contributed by atoms with Gasteiger partial charge in [0.1, 0.15) is 0 Å². The van der Waals surface area contributed by atoms with Crippen LogP contribution < -0.4 is 5.73 Å². The van der Waals surface area contributed by atoms with Gasteiger partial charge in [-0.15, -0.1) is 0 Å². The first kappa shape index (κ1) is 13.6. The number of aryl methyl sites for hydroxylation is 1. The fourth-order valence-electron chi connectivity index (χ4n) is 2.97. The van der Waals surface area contributed by atoms with Crippen molar-refractivity contribution in [2.75, 3.05) is 5.73 Å². The van der Waals surface area contributed by atoms with Gasteiger partial charge in [-0.3, -0.25) is 4.98 Å². The highest BCUT2D eigenvalue weighted by Gasteiger charge is 2.29. The van der Waals surface area contributed by atoms with Gasteiger partial charge < -0.3 is 10.8 Å². The van der Waals surface area contributed by atoms with Crippen LogP contribution in [0.1, 0.15) is 41.7 Å². The van der Waals surface area contributed by atoms with E-state index < -0.39 is 6.10 Å². The predicted molar refractivity (Wildman–Crippen MR) is 83.4 cm³/mol. The summed E-state index contributed by atoms with van der Waals surface area (Å²) in [5, 5.41) is 10.8. The molecule has 0 fully saturated rings. The Labute approximate surface area is 127 Å². The molecular weight excluding hydrogens is 316 g/mol. The zero-order valence-corrected chi connectivity index (χ0v) is 12.7. The SMILES string of the molecule is Nc1ccc(Br)cc1C(O)C1CCCc2cccnc21. The molecule has 2 aromatic rings. The largest absolute Gasteiger partial charge is 0.398 e. The van der Waals surface area contributed by atoms with Gasteiger partial charge in [0.25, 0.3) is 0 Å². The minimum Gasteiger partial charge on any atom is -0.398 e. The number of aromatic nitrogens is 1. The predicted octanol–water partition coefficient (Wildman–Crippen LogP) is 3.58. The van der Waals surface area contributed by atoms with Crippen molar-refractivity contribution < 1.29 is 5.11 Å². The second-order valence-corrected chi connectivity index (χ2v) is 6.18. The first-order chi connectivity index (χ1) is 9.66. The summed E-state index contributed by atoms with van der Waals surface area (Å²) in [6.07, 6.45) is 4.25. The number of nitrogen functional groups attached to an aromatic ring is 1. The molecule has 0 radical (unpaired) electrons. The van der Waals surface area contributed by atoms with Gasteiger partial charge in [-0.05, 0) is 49.1 Å². The third kappa shape index (κ3) is 2.45. The summed E-state index contributed by atoms with van der Waals surface area (Å²) in [5.41, 5.74) is 9.69. The summed E-state index contributed by atoms with van der Waals surface area (Å²) >= 11 is 3.44. The average Bonchev–Trinajstić information content (AvgIpc) is 2.48. The minimum absolute atomic E-state index is 0.0246. The molecule has 0 bridgehead atoms. The van der Waals surface area contributed by atoms with Crippen LogP contribution in [0.5, 0.6) is 0 Å². The summed E-state index contributed by atoms with van der Waals surface area (Å²) in [5.74, 6) is 0.0246. The first-order valence-electron chi connectivity index (χ1n) is 6.83. The molecule has 20 heavy (non-hydrogen) atoms. The van der Waals surface area contributed by atoms with Crippen LogP contribution >= 0.6 is 15.9 Å². The molecule has 0 saturated heterocycles. The van der Waals surface area contributed by atoms with E-state index >= 15 is 0 Å². The van der Waals surface area contributed by atoms with Crippen molar-refractivity contribution in [1.82, 2.24) is 4.98 Å². The van der Waals surface area contributed by atoms with Crippen molar-refractivity contribution in [3.8, 4) is 0 Å². The molecule has 3 rings (SSSR count). The Kier molecular flexibility index (Phi) is 3.76. The summed E-state index contributed by atoms with van der Waals surface area (Å²) in [6.45, 7) is 0. The lowest BCUT2D eigenvalue weighted by molar-refractivity contribution is 0.134. The number of aliphatic hydroxyl groups excluding tert-OH is 1. The molecule has 4 heteroatoms. The molecule has 1 heterocycles. The third-order valence-corrected chi connectivity index (χ3v) is 4.48. The van der Waals surface area contributed by atoms with Crippen LogP contribution in [0.4, 0.5) is 5.69 Å². The molecule has 2 unspecified atom stereocenters. The maximum Gasteiger partial charge on any atom is 0.0893 e. The standard InChI is InChI=1S/C16H17BrN2O/c17-11-6-7-14(18)13(9-11)16(20)12-5-1-3-10-4-2-8-19-15(10)12/h2,4,6-9,12,16,20H,1,3,5,18H2. The van der Waals surface area contributed by atoms with Gasteiger partial charge in [-0.25, -0.2) is 0 Å². The zero-order chi connectivity index (χ0) is 14.1. The molecule has 1 aromatic heterocycles. The number of halogens is 1. The fraction of sp³-hybridized carbons (Fsp3) is 0.312. The van der Waals surface area contributed by atoms with Crippen molar-refractivity contribution in [3.05, 3.63) is 57.8 Å². The van der Waals surface area contributed by atoms with E-state index in [9.17, 15) is 5.11 Å². The summed E-state index contributed by atoms with van der Waals surface area (Å²) < 4.78 is 0.929. The lowest BCUT2D eigenvalue weighted by Gasteiger charge is -2.29. The van der Waals surface area contributed by atoms with Crippen LogP contribution in [0, 0.1) is 0 Å². The number of anilines is 1. The van der Waals surface area contributed by atoms with Crippen LogP contribution in [0.25, 0.3) is 0 Å². The van der Waals surface area contributed by atoms with E-state index in [2.05, 4.69) is 27.0 Å². The van der Waals surface area contributed by atoms with E-state index in [0.717, 1.165) is 35.0 Å². The van der Waals surface area contributed by atoms with Gasteiger partial charge in [0.2, 0.25) is 0 Å². The van der Waals surface area contributed by atoms with Crippen molar-refractivity contribution in [3.63, 3.8) is 0 Å². The number of hydrogen-bond donors (Lipinski definition) is 2. The fourth-order valence-corrected chi connectivity index (χ4v) is 3.35. The van der Waals surface area contributed by atoms with E-state index in [4.69, 9.17) is 5.73 Å². The third-order valence-electron chi connectivity index (χ3n) is 3.99. The van der Waals surface area contributed by atoms with E-state index in [-0.39, 0.29) is 5.92 Å². The first-order valence-corrected chi connectivity index (χ1v) is 7.63. The molecule has 0 spiro atoms. The Morgan fingerprint density at radius 3 is 3.05 bits per heavy atom. The van der Waals surface area contributed by atoms with Gasteiger partial charge in [-0.2, -0.15) is 0 Å². The van der Waals surface area contributed by atoms with Crippen molar-refractivity contribution >= 4 is 21.6 Å². The number of fused-ring (bicyclic) bond motifs is 1. The molecule has 1 aliphatic rings. The zero-order valence-electron chi connectivity index (χ0n) is 11.1. The molecule has 3 N–H and O–H groups in total. The number of hydrogen-bond acceptors (Lipinski definition) is 3. The topological polar surface area (TPSA) is 59.1 Å². The quantitative estimate of drug-likeness (QED) is 0.826. The van der Waals surface area contributed by atoms with Crippen molar-refractivity contribution in [1.29, 1.82) is 0 Å². The number of benzene rings is 1. The van der Waals surface area contributed by atoms with Gasteiger partial charge in [0.15, 0.2) is 0 Å².